The first-order valence-electron chi connectivity index (χ1n) is 8.78. The average molecular weight is 381 g/mol. The van der Waals surface area contributed by atoms with Crippen LogP contribution in [0.2, 0.25) is 0 Å². The molecule has 0 saturated carbocycles. The lowest BCUT2D eigenvalue weighted by Crippen LogP contribution is -2.42. The molecule has 3 heterocycles. The molecule has 0 aromatic carbocycles. The van der Waals surface area contributed by atoms with Gasteiger partial charge in [0.1, 0.15) is 5.52 Å². The van der Waals surface area contributed by atoms with E-state index in [0.717, 1.165) is 0 Å². The number of hydrogen-bond acceptors (Lipinski definition) is 6. The van der Waals surface area contributed by atoms with Gasteiger partial charge in [0.2, 0.25) is 5.95 Å². The van der Waals surface area contributed by atoms with Gasteiger partial charge in [-0.3, -0.25) is 0 Å². The summed E-state index contributed by atoms with van der Waals surface area (Å²) >= 11 is 0. The fourth-order valence-electron chi connectivity index (χ4n) is 2.90. The maximum absolute atomic E-state index is 12.7. The second kappa shape index (κ2) is 7.38. The number of aromatic nitrogens is 4. The van der Waals surface area contributed by atoms with E-state index in [2.05, 4.69) is 26.5 Å². The Morgan fingerprint density at radius 2 is 1.89 bits per heavy atom. The first-order chi connectivity index (χ1) is 12.6. The van der Waals surface area contributed by atoms with Crippen molar-refractivity contribution in [1.29, 1.82) is 0 Å². The molecule has 0 aliphatic carbocycles. The molecular formula is C18H22F3N5O. The van der Waals surface area contributed by atoms with Crippen LogP contribution in [-0.2, 0) is 4.74 Å². The first kappa shape index (κ1) is 19.5. The molecule has 9 heteroatoms. The van der Waals surface area contributed by atoms with Crippen molar-refractivity contribution in [2.24, 2.45) is 0 Å². The smallest absolute Gasteiger partial charge is 0.375 e. The number of fused-ring (bicyclic) bond motifs is 1. The van der Waals surface area contributed by atoms with Gasteiger partial charge >= 0.3 is 6.18 Å². The van der Waals surface area contributed by atoms with Crippen molar-refractivity contribution < 1.29 is 17.9 Å². The lowest BCUT2D eigenvalue weighted by molar-refractivity contribution is -0.133. The van der Waals surface area contributed by atoms with Crippen molar-refractivity contribution in [2.45, 2.75) is 45.9 Å². The topological polar surface area (TPSA) is 64.0 Å². The number of aryl methyl sites for hydroxylation is 2. The zero-order chi connectivity index (χ0) is 19.8. The van der Waals surface area contributed by atoms with Crippen LogP contribution in [0.3, 0.4) is 0 Å². The van der Waals surface area contributed by atoms with Crippen LogP contribution in [0, 0.1) is 13.8 Å². The van der Waals surface area contributed by atoms with Crippen LogP contribution < -0.4 is 4.90 Å². The number of alkyl halides is 3. The minimum atomic E-state index is -4.26. The first-order valence-corrected chi connectivity index (χ1v) is 8.78. The van der Waals surface area contributed by atoms with E-state index in [0.29, 0.717) is 53.9 Å². The Morgan fingerprint density at radius 1 is 1.19 bits per heavy atom. The number of rotatable bonds is 4. The van der Waals surface area contributed by atoms with Gasteiger partial charge in [-0.2, -0.15) is 18.2 Å². The van der Waals surface area contributed by atoms with Gasteiger partial charge in [0.25, 0.3) is 0 Å². The molecule has 1 atom stereocenters. The highest BCUT2D eigenvalue weighted by molar-refractivity contribution is 5.85. The van der Waals surface area contributed by atoms with Crippen LogP contribution in [0.4, 0.5) is 19.1 Å². The Morgan fingerprint density at radius 3 is 2.56 bits per heavy atom. The maximum Gasteiger partial charge on any atom is 0.389 e. The highest BCUT2D eigenvalue weighted by Crippen LogP contribution is 2.30. The van der Waals surface area contributed by atoms with E-state index in [1.807, 2.05) is 18.7 Å². The largest absolute Gasteiger partial charge is 0.389 e. The maximum atomic E-state index is 12.7. The van der Waals surface area contributed by atoms with Crippen molar-refractivity contribution >= 4 is 22.7 Å². The monoisotopic (exact) mass is 381 g/mol. The summed E-state index contributed by atoms with van der Waals surface area (Å²) in [6.45, 7) is 11.1. The standard InChI is InChI=1S/C18H22F3N5O/c1-10(5-6-18(19,20)21)14-15-16(23-13(4)12(3)22-15)25-17(24-14)26-7-8-27-11(2)9-26/h11H,1,5-9H2,2-4H3. The molecule has 27 heavy (non-hydrogen) atoms. The van der Waals surface area contributed by atoms with E-state index in [-0.39, 0.29) is 18.1 Å². The SMILES string of the molecule is C=C(CCC(F)(F)F)c1nc(N2CCOC(C)C2)nc2nc(C)c(C)nc12. The van der Waals surface area contributed by atoms with Gasteiger partial charge in [0.05, 0.1) is 29.8 Å². The van der Waals surface area contributed by atoms with Crippen LogP contribution in [-0.4, -0.2) is 51.9 Å². The van der Waals surface area contributed by atoms with Gasteiger partial charge in [0.15, 0.2) is 5.65 Å². The minimum Gasteiger partial charge on any atom is -0.375 e. The molecule has 1 unspecified atom stereocenters. The normalized spacial score (nSPS) is 18.1. The molecule has 1 aliphatic rings. The highest BCUT2D eigenvalue weighted by atomic mass is 19.4. The second-order valence-corrected chi connectivity index (χ2v) is 6.79. The molecule has 0 amide bonds. The lowest BCUT2D eigenvalue weighted by Gasteiger charge is -2.31. The molecule has 0 bridgehead atoms. The summed E-state index contributed by atoms with van der Waals surface area (Å²) in [5, 5.41) is 0. The number of ether oxygens (including phenoxy) is 1. The molecule has 0 radical (unpaired) electrons. The Kier molecular flexibility index (Phi) is 5.32. The zero-order valence-electron chi connectivity index (χ0n) is 15.6. The Labute approximate surface area is 155 Å². The summed E-state index contributed by atoms with van der Waals surface area (Å²) in [6.07, 6.45) is -5.45. The third-order valence-corrected chi connectivity index (χ3v) is 4.50. The second-order valence-electron chi connectivity index (χ2n) is 6.79. The van der Waals surface area contributed by atoms with Crippen molar-refractivity contribution in [2.75, 3.05) is 24.6 Å². The van der Waals surface area contributed by atoms with Crippen molar-refractivity contribution in [3.05, 3.63) is 23.7 Å². The van der Waals surface area contributed by atoms with Crippen molar-refractivity contribution in [3.8, 4) is 0 Å². The van der Waals surface area contributed by atoms with E-state index in [4.69, 9.17) is 4.74 Å². The summed E-state index contributed by atoms with van der Waals surface area (Å²) in [5.74, 6) is 0.415. The lowest BCUT2D eigenvalue weighted by atomic mass is 10.1. The van der Waals surface area contributed by atoms with E-state index in [1.54, 1.807) is 6.92 Å². The fourth-order valence-corrected chi connectivity index (χ4v) is 2.90. The summed E-state index contributed by atoms with van der Waals surface area (Å²) in [5.41, 5.74) is 2.76. The Balaban J connectivity index is 2.05. The Hall–Kier alpha value is -2.29. The van der Waals surface area contributed by atoms with Crippen LogP contribution in [0.25, 0.3) is 16.7 Å². The van der Waals surface area contributed by atoms with Gasteiger partial charge in [0, 0.05) is 19.5 Å². The van der Waals surface area contributed by atoms with Crippen LogP contribution in [0.1, 0.15) is 36.8 Å². The van der Waals surface area contributed by atoms with E-state index < -0.39 is 12.6 Å². The average Bonchev–Trinajstić information content (AvgIpc) is 2.59. The summed E-state index contributed by atoms with van der Waals surface area (Å²) in [4.78, 5) is 19.9. The minimum absolute atomic E-state index is 0.0146. The molecule has 3 rings (SSSR count). The molecule has 0 N–H and O–H groups in total. The van der Waals surface area contributed by atoms with Crippen LogP contribution >= 0.6 is 0 Å². The van der Waals surface area contributed by atoms with Gasteiger partial charge in [-0.15, -0.1) is 0 Å². The summed E-state index contributed by atoms with van der Waals surface area (Å²) < 4.78 is 43.5. The van der Waals surface area contributed by atoms with E-state index in [1.165, 1.54) is 0 Å². The Bertz CT molecular complexity index is 868. The number of hydrogen-bond donors (Lipinski definition) is 0. The predicted octanol–water partition coefficient (Wildman–Crippen LogP) is 3.62. The number of allylic oxidation sites excluding steroid dienone is 1. The molecule has 2 aromatic heterocycles. The third kappa shape index (κ3) is 4.52. The zero-order valence-corrected chi connectivity index (χ0v) is 15.6. The van der Waals surface area contributed by atoms with Gasteiger partial charge in [-0.1, -0.05) is 6.58 Å². The summed E-state index contributed by atoms with van der Waals surface area (Å²) in [7, 11) is 0. The molecule has 1 saturated heterocycles. The van der Waals surface area contributed by atoms with E-state index in [9.17, 15) is 13.2 Å². The molecule has 1 fully saturated rings. The number of morpholine rings is 1. The number of halogens is 3. The molecule has 146 valence electrons. The quantitative estimate of drug-likeness (QED) is 0.806. The fraction of sp³-hybridized carbons (Fsp3) is 0.556. The van der Waals surface area contributed by atoms with Crippen molar-refractivity contribution in [1.82, 2.24) is 19.9 Å². The molecule has 6 nitrogen and oxygen atoms in total. The predicted molar refractivity (Wildman–Crippen MR) is 96.6 cm³/mol. The molecular weight excluding hydrogens is 359 g/mol. The highest BCUT2D eigenvalue weighted by Gasteiger charge is 2.28. The van der Waals surface area contributed by atoms with Gasteiger partial charge in [-0.25, -0.2) is 15.0 Å². The van der Waals surface area contributed by atoms with Crippen LogP contribution in [0.15, 0.2) is 6.58 Å². The van der Waals surface area contributed by atoms with Gasteiger partial charge in [-0.05, 0) is 32.8 Å². The van der Waals surface area contributed by atoms with E-state index >= 15 is 0 Å². The van der Waals surface area contributed by atoms with Gasteiger partial charge < -0.3 is 9.64 Å². The summed E-state index contributed by atoms with van der Waals surface area (Å²) in [6, 6.07) is 0. The number of anilines is 1. The van der Waals surface area contributed by atoms with Crippen LogP contribution in [0.5, 0.6) is 0 Å². The molecule has 1 aliphatic heterocycles. The molecule has 2 aromatic rings. The molecule has 0 spiro atoms. The number of nitrogens with zero attached hydrogens (tertiary/aromatic N) is 5. The van der Waals surface area contributed by atoms with Crippen molar-refractivity contribution in [3.63, 3.8) is 0 Å². The third-order valence-electron chi connectivity index (χ3n) is 4.50.